The van der Waals surface area contributed by atoms with Crippen molar-refractivity contribution in [2.45, 2.75) is 39.0 Å². The summed E-state index contributed by atoms with van der Waals surface area (Å²) < 4.78 is 1.47. The van der Waals surface area contributed by atoms with Crippen LogP contribution >= 0.6 is 0 Å². The second-order valence-electron chi connectivity index (χ2n) is 6.50. The Morgan fingerprint density at radius 1 is 1.24 bits per heavy atom. The molecule has 25 heavy (non-hydrogen) atoms. The van der Waals surface area contributed by atoms with Crippen LogP contribution in [0.2, 0.25) is 0 Å². The van der Waals surface area contributed by atoms with Gasteiger partial charge in [0, 0.05) is 36.8 Å². The van der Waals surface area contributed by atoms with Crippen LogP contribution in [0, 0.1) is 0 Å². The minimum absolute atomic E-state index is 0.00421. The Kier molecular flexibility index (Phi) is 5.68. The van der Waals surface area contributed by atoms with Crippen molar-refractivity contribution < 1.29 is 14.7 Å². The van der Waals surface area contributed by atoms with Gasteiger partial charge in [-0.25, -0.2) is 14.8 Å². The Labute approximate surface area is 145 Å². The molecule has 9 heteroatoms. The van der Waals surface area contributed by atoms with E-state index in [1.165, 1.54) is 4.68 Å². The average molecular weight is 346 g/mol. The minimum Gasteiger partial charge on any atom is -0.481 e. The van der Waals surface area contributed by atoms with E-state index in [2.05, 4.69) is 25.7 Å². The molecule has 0 atom stereocenters. The molecule has 0 fully saturated rings. The number of aliphatic carboxylic acids is 1. The molecule has 2 heterocycles. The number of urea groups is 1. The van der Waals surface area contributed by atoms with Crippen LogP contribution in [0.3, 0.4) is 0 Å². The van der Waals surface area contributed by atoms with Crippen LogP contribution in [0.15, 0.2) is 24.5 Å². The molecular formula is C16H22N6O3. The van der Waals surface area contributed by atoms with E-state index in [-0.39, 0.29) is 18.4 Å². The molecule has 9 nitrogen and oxygen atoms in total. The Morgan fingerprint density at radius 2 is 1.92 bits per heavy atom. The lowest BCUT2D eigenvalue weighted by Crippen LogP contribution is -2.30. The number of nitrogens with zero attached hydrogens (tertiary/aromatic N) is 4. The second-order valence-corrected chi connectivity index (χ2v) is 6.50. The SMILES string of the molecule is CC(C)(C)c1cc(NC(=O)NCCCC(=O)O)n(-c2ncccn2)n1. The van der Waals surface area contributed by atoms with Crippen LogP contribution in [-0.2, 0) is 10.2 Å². The van der Waals surface area contributed by atoms with E-state index in [9.17, 15) is 9.59 Å². The number of carboxylic acids is 1. The summed E-state index contributed by atoms with van der Waals surface area (Å²) in [6.07, 6.45) is 3.55. The smallest absolute Gasteiger partial charge is 0.320 e. The molecule has 3 N–H and O–H groups in total. The van der Waals surface area contributed by atoms with Gasteiger partial charge in [0.1, 0.15) is 5.82 Å². The first-order chi connectivity index (χ1) is 11.8. The van der Waals surface area contributed by atoms with Crippen molar-refractivity contribution in [2.75, 3.05) is 11.9 Å². The number of carboxylic acid groups (broad SMARTS) is 1. The Morgan fingerprint density at radius 3 is 2.52 bits per heavy atom. The number of rotatable bonds is 6. The van der Waals surface area contributed by atoms with Crippen molar-refractivity contribution in [3.8, 4) is 5.95 Å². The van der Waals surface area contributed by atoms with Gasteiger partial charge in [-0.15, -0.1) is 0 Å². The van der Waals surface area contributed by atoms with E-state index in [1.807, 2.05) is 20.8 Å². The number of anilines is 1. The van der Waals surface area contributed by atoms with Crippen LogP contribution in [0.4, 0.5) is 10.6 Å². The molecule has 0 bridgehead atoms. The van der Waals surface area contributed by atoms with Crippen molar-refractivity contribution in [1.29, 1.82) is 0 Å². The molecule has 0 spiro atoms. The third-order valence-corrected chi connectivity index (χ3v) is 3.31. The maximum atomic E-state index is 12.0. The van der Waals surface area contributed by atoms with Crippen molar-refractivity contribution in [3.63, 3.8) is 0 Å². The number of hydrogen-bond donors (Lipinski definition) is 3. The van der Waals surface area contributed by atoms with E-state index in [4.69, 9.17) is 5.11 Å². The second kappa shape index (κ2) is 7.73. The van der Waals surface area contributed by atoms with Crippen molar-refractivity contribution in [3.05, 3.63) is 30.2 Å². The first-order valence-electron chi connectivity index (χ1n) is 7.92. The van der Waals surface area contributed by atoms with E-state index in [1.54, 1.807) is 24.5 Å². The predicted molar refractivity (Wildman–Crippen MR) is 91.7 cm³/mol. The zero-order valence-electron chi connectivity index (χ0n) is 14.5. The first kappa shape index (κ1) is 18.4. The summed E-state index contributed by atoms with van der Waals surface area (Å²) in [5.74, 6) is -0.109. The number of hydrogen-bond acceptors (Lipinski definition) is 5. The summed E-state index contributed by atoms with van der Waals surface area (Å²) in [7, 11) is 0. The summed E-state index contributed by atoms with van der Waals surface area (Å²) in [5, 5.41) is 18.4. The number of amides is 2. The van der Waals surface area contributed by atoms with Gasteiger partial charge in [-0.1, -0.05) is 20.8 Å². The van der Waals surface area contributed by atoms with Crippen LogP contribution in [0.25, 0.3) is 5.95 Å². The molecule has 0 aliphatic rings. The number of aromatic nitrogens is 4. The molecule has 0 unspecified atom stereocenters. The molecule has 0 aromatic carbocycles. The Balaban J connectivity index is 2.14. The lowest BCUT2D eigenvalue weighted by Gasteiger charge is -2.13. The highest BCUT2D eigenvalue weighted by Gasteiger charge is 2.22. The summed E-state index contributed by atoms with van der Waals surface area (Å²) in [6.45, 7) is 6.31. The summed E-state index contributed by atoms with van der Waals surface area (Å²) in [5.41, 5.74) is 0.565. The van der Waals surface area contributed by atoms with Gasteiger partial charge in [-0.3, -0.25) is 10.1 Å². The third kappa shape index (κ3) is 5.27. The van der Waals surface area contributed by atoms with Crippen LogP contribution in [0.1, 0.15) is 39.3 Å². The van der Waals surface area contributed by atoms with Gasteiger partial charge in [0.05, 0.1) is 5.69 Å². The fourth-order valence-electron chi connectivity index (χ4n) is 1.99. The van der Waals surface area contributed by atoms with Gasteiger partial charge in [0.25, 0.3) is 5.95 Å². The number of carbonyl (C=O) groups excluding carboxylic acids is 1. The molecule has 0 radical (unpaired) electrons. The fourth-order valence-corrected chi connectivity index (χ4v) is 1.99. The van der Waals surface area contributed by atoms with Gasteiger partial charge in [-0.2, -0.15) is 9.78 Å². The monoisotopic (exact) mass is 346 g/mol. The lowest BCUT2D eigenvalue weighted by molar-refractivity contribution is -0.137. The highest BCUT2D eigenvalue weighted by molar-refractivity contribution is 5.88. The standard InChI is InChI=1S/C16H22N6O3/c1-16(2,3)11-10-12(20-15(25)19-7-4-6-13(23)24)22(21-11)14-17-8-5-9-18-14/h5,8-10H,4,6-7H2,1-3H3,(H,23,24)(H2,19,20,25). The van der Waals surface area contributed by atoms with Crippen LogP contribution < -0.4 is 10.6 Å². The largest absolute Gasteiger partial charge is 0.481 e. The molecule has 2 amide bonds. The molecular weight excluding hydrogens is 324 g/mol. The quantitative estimate of drug-likeness (QED) is 0.687. The van der Waals surface area contributed by atoms with Gasteiger partial charge in [0.2, 0.25) is 0 Å². The molecule has 2 aromatic rings. The van der Waals surface area contributed by atoms with Crippen LogP contribution in [-0.4, -0.2) is 43.4 Å². The molecule has 0 aliphatic carbocycles. The summed E-state index contributed by atoms with van der Waals surface area (Å²) >= 11 is 0. The molecule has 0 saturated heterocycles. The van der Waals surface area contributed by atoms with E-state index < -0.39 is 12.0 Å². The highest BCUT2D eigenvalue weighted by Crippen LogP contribution is 2.25. The minimum atomic E-state index is -0.892. The number of nitrogens with one attached hydrogen (secondary N) is 2. The maximum absolute atomic E-state index is 12.0. The first-order valence-corrected chi connectivity index (χ1v) is 7.92. The maximum Gasteiger partial charge on any atom is 0.320 e. The average Bonchev–Trinajstić information content (AvgIpc) is 2.96. The highest BCUT2D eigenvalue weighted by atomic mass is 16.4. The molecule has 2 rings (SSSR count). The molecule has 0 aliphatic heterocycles. The summed E-state index contributed by atoms with van der Waals surface area (Å²) in [6, 6.07) is 3.02. The zero-order chi connectivity index (χ0) is 18.4. The van der Waals surface area contributed by atoms with Gasteiger partial charge in [-0.05, 0) is 12.5 Å². The normalized spacial score (nSPS) is 11.2. The van der Waals surface area contributed by atoms with Crippen molar-refractivity contribution >= 4 is 17.8 Å². The van der Waals surface area contributed by atoms with E-state index in [0.717, 1.165) is 5.69 Å². The molecule has 134 valence electrons. The van der Waals surface area contributed by atoms with Gasteiger partial charge < -0.3 is 10.4 Å². The molecule has 0 saturated carbocycles. The lowest BCUT2D eigenvalue weighted by atomic mass is 9.92. The topological polar surface area (TPSA) is 122 Å². The van der Waals surface area contributed by atoms with E-state index in [0.29, 0.717) is 18.2 Å². The number of carbonyl (C=O) groups is 2. The predicted octanol–water partition coefficient (Wildman–Crippen LogP) is 1.95. The Bertz CT molecular complexity index is 736. The Hall–Kier alpha value is -2.97. The molecule has 2 aromatic heterocycles. The van der Waals surface area contributed by atoms with E-state index >= 15 is 0 Å². The van der Waals surface area contributed by atoms with Crippen molar-refractivity contribution in [1.82, 2.24) is 25.1 Å². The van der Waals surface area contributed by atoms with Crippen LogP contribution in [0.5, 0.6) is 0 Å². The fraction of sp³-hybridized carbons (Fsp3) is 0.438. The van der Waals surface area contributed by atoms with Crippen molar-refractivity contribution in [2.24, 2.45) is 0 Å². The zero-order valence-corrected chi connectivity index (χ0v) is 14.5. The van der Waals surface area contributed by atoms with Gasteiger partial charge in [0.15, 0.2) is 0 Å². The summed E-state index contributed by atoms with van der Waals surface area (Å²) in [4.78, 5) is 30.8. The van der Waals surface area contributed by atoms with Gasteiger partial charge >= 0.3 is 12.0 Å². The third-order valence-electron chi connectivity index (χ3n) is 3.31.